The molecule has 1 N–H and O–H groups in total. The summed E-state index contributed by atoms with van der Waals surface area (Å²) in [6.45, 7) is 3.85. The van der Waals surface area contributed by atoms with Gasteiger partial charge in [-0.2, -0.15) is 0 Å². The minimum Gasteiger partial charge on any atom is -0.302 e. The minimum atomic E-state index is -0.289. The average molecular weight is 388 g/mol. The smallest absolute Gasteiger partial charge is 0.226 e. The topological polar surface area (TPSA) is 67.8 Å². The quantitative estimate of drug-likeness (QED) is 0.498. The maximum Gasteiger partial charge on any atom is 0.226 e. The molecular weight excluding hydrogens is 371 g/mol. The van der Waals surface area contributed by atoms with E-state index >= 15 is 0 Å². The molecule has 3 aromatic rings. The van der Waals surface area contributed by atoms with Crippen LogP contribution < -0.4 is 5.32 Å². The highest BCUT2D eigenvalue weighted by Crippen LogP contribution is 2.25. The fraction of sp³-hybridized carbons (Fsp3) is 0.222. The molecule has 5 nitrogen and oxygen atoms in total. The van der Waals surface area contributed by atoms with Crippen molar-refractivity contribution in [2.45, 2.75) is 25.4 Å². The number of hydrogen-bond acceptors (Lipinski definition) is 6. The number of hydrogen-bond donors (Lipinski definition) is 1. The second-order valence-corrected chi connectivity index (χ2v) is 7.54. The van der Waals surface area contributed by atoms with Crippen LogP contribution in [0, 0.1) is 19.7 Å². The van der Waals surface area contributed by atoms with Crippen LogP contribution in [0.4, 0.5) is 9.52 Å². The van der Waals surface area contributed by atoms with Gasteiger partial charge < -0.3 is 5.32 Å². The van der Waals surface area contributed by atoms with Crippen LogP contribution >= 0.6 is 23.1 Å². The van der Waals surface area contributed by atoms with Crippen molar-refractivity contribution < 1.29 is 9.18 Å². The molecule has 0 saturated heterocycles. The van der Waals surface area contributed by atoms with Crippen molar-refractivity contribution in [2.24, 2.45) is 0 Å². The molecule has 134 valence electrons. The summed E-state index contributed by atoms with van der Waals surface area (Å²) in [7, 11) is 0. The molecule has 0 radical (unpaired) electrons. The van der Waals surface area contributed by atoms with Crippen LogP contribution in [0.25, 0.3) is 11.3 Å². The van der Waals surface area contributed by atoms with E-state index in [-0.39, 0.29) is 11.7 Å². The Morgan fingerprint density at radius 3 is 2.54 bits per heavy atom. The number of aryl methyl sites for hydroxylation is 2. The summed E-state index contributed by atoms with van der Waals surface area (Å²) in [6, 6.07) is 8.02. The fourth-order valence-corrected chi connectivity index (χ4v) is 3.88. The lowest BCUT2D eigenvalue weighted by Crippen LogP contribution is -2.12. The zero-order chi connectivity index (χ0) is 18.5. The highest BCUT2D eigenvalue weighted by Gasteiger charge is 2.09. The monoisotopic (exact) mass is 388 g/mol. The number of rotatable bonds is 6. The Bertz CT molecular complexity index is 892. The number of thiazole rings is 1. The number of anilines is 1. The zero-order valence-electron chi connectivity index (χ0n) is 14.3. The number of carbonyl (C=O) groups excluding carboxylic acids is 1. The largest absolute Gasteiger partial charge is 0.302 e. The first-order valence-corrected chi connectivity index (χ1v) is 9.82. The summed E-state index contributed by atoms with van der Waals surface area (Å²) >= 11 is 2.80. The Kier molecular flexibility index (Phi) is 5.95. The number of nitrogens with one attached hydrogen (secondary N) is 1. The first kappa shape index (κ1) is 18.5. The lowest BCUT2D eigenvalue weighted by Gasteiger charge is -2.03. The van der Waals surface area contributed by atoms with E-state index in [9.17, 15) is 9.18 Å². The van der Waals surface area contributed by atoms with Gasteiger partial charge in [-0.25, -0.2) is 19.3 Å². The van der Waals surface area contributed by atoms with Crippen LogP contribution in [0.2, 0.25) is 0 Å². The molecule has 0 bridgehead atoms. The predicted octanol–water partition coefficient (Wildman–Crippen LogP) is 4.48. The molecule has 0 aliphatic rings. The molecule has 2 heterocycles. The zero-order valence-corrected chi connectivity index (χ0v) is 16.0. The molecule has 2 aromatic heterocycles. The number of benzene rings is 1. The van der Waals surface area contributed by atoms with E-state index in [1.807, 2.05) is 25.3 Å². The molecule has 3 rings (SSSR count). The first-order valence-electron chi connectivity index (χ1n) is 7.96. The fourth-order valence-electron chi connectivity index (χ4n) is 2.26. The number of halogens is 1. The molecule has 0 aliphatic heterocycles. The Balaban J connectivity index is 1.51. The van der Waals surface area contributed by atoms with Crippen LogP contribution in [0.5, 0.6) is 0 Å². The third-order valence-corrected chi connectivity index (χ3v) is 5.02. The van der Waals surface area contributed by atoms with Gasteiger partial charge >= 0.3 is 0 Å². The maximum absolute atomic E-state index is 13.0. The highest BCUT2D eigenvalue weighted by atomic mass is 32.2. The molecule has 0 unspecified atom stereocenters. The van der Waals surface area contributed by atoms with E-state index in [0.717, 1.165) is 17.0 Å². The van der Waals surface area contributed by atoms with Crippen molar-refractivity contribution in [1.29, 1.82) is 0 Å². The molecule has 26 heavy (non-hydrogen) atoms. The SMILES string of the molecule is Cc1cc(C)nc(SCCC(=O)Nc2nc(-c3ccc(F)cc3)cs2)n1. The molecule has 0 aliphatic carbocycles. The lowest BCUT2D eigenvalue weighted by atomic mass is 10.2. The standard InChI is InChI=1S/C18H17FN4OS2/c1-11-9-12(2)21-17(20-11)25-8-7-16(24)23-18-22-15(10-26-18)13-3-5-14(19)6-4-13/h3-6,9-10H,7-8H2,1-2H3,(H,22,23,24). The molecule has 0 fully saturated rings. The minimum absolute atomic E-state index is 0.109. The predicted molar refractivity (Wildman–Crippen MR) is 103 cm³/mol. The molecule has 1 aromatic carbocycles. The van der Waals surface area contributed by atoms with Crippen molar-refractivity contribution in [3.63, 3.8) is 0 Å². The normalized spacial score (nSPS) is 10.7. The number of carbonyl (C=O) groups is 1. The molecule has 8 heteroatoms. The Morgan fingerprint density at radius 1 is 1.15 bits per heavy atom. The van der Waals surface area contributed by atoms with Crippen LogP contribution in [-0.2, 0) is 4.79 Å². The second kappa shape index (κ2) is 8.37. The third kappa shape index (κ3) is 5.09. The van der Waals surface area contributed by atoms with Crippen molar-refractivity contribution >= 4 is 34.1 Å². The van der Waals surface area contributed by atoms with Crippen molar-refractivity contribution in [3.8, 4) is 11.3 Å². The number of thioether (sulfide) groups is 1. The summed E-state index contributed by atoms with van der Waals surface area (Å²) in [6.07, 6.45) is 0.340. The van der Waals surface area contributed by atoms with Gasteiger partial charge in [0.1, 0.15) is 5.82 Å². The van der Waals surface area contributed by atoms with Crippen molar-refractivity contribution in [1.82, 2.24) is 15.0 Å². The summed E-state index contributed by atoms with van der Waals surface area (Å²) in [4.78, 5) is 25.1. The average Bonchev–Trinajstić information content (AvgIpc) is 3.03. The summed E-state index contributed by atoms with van der Waals surface area (Å²) in [5, 5.41) is 5.84. The lowest BCUT2D eigenvalue weighted by molar-refractivity contribution is -0.115. The van der Waals surface area contributed by atoms with E-state index < -0.39 is 0 Å². The van der Waals surface area contributed by atoms with Gasteiger partial charge in [0.2, 0.25) is 5.91 Å². The Labute approximate surface area is 159 Å². The van der Waals surface area contributed by atoms with Gasteiger partial charge in [-0.3, -0.25) is 4.79 Å². The maximum atomic E-state index is 13.0. The van der Waals surface area contributed by atoms with E-state index in [0.29, 0.717) is 28.2 Å². The van der Waals surface area contributed by atoms with E-state index in [2.05, 4.69) is 20.3 Å². The van der Waals surface area contributed by atoms with Gasteiger partial charge in [0.15, 0.2) is 10.3 Å². The number of nitrogens with zero attached hydrogens (tertiary/aromatic N) is 3. The van der Waals surface area contributed by atoms with Crippen LogP contribution in [0.3, 0.4) is 0 Å². The van der Waals surface area contributed by atoms with Gasteiger partial charge in [-0.1, -0.05) is 11.8 Å². The van der Waals surface area contributed by atoms with Gasteiger partial charge in [0.05, 0.1) is 5.69 Å². The van der Waals surface area contributed by atoms with Crippen LogP contribution in [0.15, 0.2) is 40.9 Å². The van der Waals surface area contributed by atoms with Crippen LogP contribution in [-0.4, -0.2) is 26.6 Å². The van der Waals surface area contributed by atoms with E-state index in [1.165, 1.54) is 35.2 Å². The van der Waals surface area contributed by atoms with Gasteiger partial charge in [-0.05, 0) is 44.2 Å². The second-order valence-electron chi connectivity index (χ2n) is 5.62. The number of amides is 1. The van der Waals surface area contributed by atoms with Gasteiger partial charge in [-0.15, -0.1) is 11.3 Å². The number of aromatic nitrogens is 3. The third-order valence-electron chi connectivity index (χ3n) is 3.41. The first-order chi connectivity index (χ1) is 12.5. The Morgan fingerprint density at radius 2 is 1.85 bits per heavy atom. The molecule has 0 spiro atoms. The van der Waals surface area contributed by atoms with E-state index in [4.69, 9.17) is 0 Å². The molecular formula is C18H17FN4OS2. The van der Waals surface area contributed by atoms with Gasteiger partial charge in [0.25, 0.3) is 0 Å². The summed E-state index contributed by atoms with van der Waals surface area (Å²) in [5.41, 5.74) is 3.36. The molecule has 1 amide bonds. The molecule has 0 saturated carbocycles. The van der Waals surface area contributed by atoms with Crippen molar-refractivity contribution in [3.05, 3.63) is 52.9 Å². The highest BCUT2D eigenvalue weighted by molar-refractivity contribution is 7.99. The molecule has 0 atom stereocenters. The van der Waals surface area contributed by atoms with Gasteiger partial charge in [0, 0.05) is 34.5 Å². The van der Waals surface area contributed by atoms with E-state index in [1.54, 1.807) is 12.1 Å². The van der Waals surface area contributed by atoms with Crippen LogP contribution in [0.1, 0.15) is 17.8 Å². The summed E-state index contributed by atoms with van der Waals surface area (Å²) < 4.78 is 13.0. The van der Waals surface area contributed by atoms with Crippen molar-refractivity contribution in [2.75, 3.05) is 11.1 Å². The summed E-state index contributed by atoms with van der Waals surface area (Å²) in [5.74, 6) is 0.190. The Hall–Kier alpha value is -2.32.